The number of sulfonamides is 1. The fourth-order valence-electron chi connectivity index (χ4n) is 4.15. The summed E-state index contributed by atoms with van der Waals surface area (Å²) in [6.07, 6.45) is 0. The Morgan fingerprint density at radius 2 is 1.54 bits per heavy atom. The Bertz CT molecular complexity index is 1820. The summed E-state index contributed by atoms with van der Waals surface area (Å²) in [5.41, 5.74) is 1.40. The Kier molecular flexibility index (Phi) is 8.24. The topological polar surface area (TPSA) is 140 Å². The minimum Gasteiger partial charge on any atom is -0.456 e. The van der Waals surface area contributed by atoms with Crippen LogP contribution in [0.2, 0.25) is 0 Å². The number of nitrogens with one attached hydrogen (secondary N) is 3. The van der Waals surface area contributed by atoms with E-state index in [1.165, 1.54) is 24.3 Å². The van der Waals surface area contributed by atoms with Crippen LogP contribution >= 0.6 is 11.3 Å². The second kappa shape index (κ2) is 12.2. The van der Waals surface area contributed by atoms with Crippen molar-refractivity contribution in [2.45, 2.75) is 4.21 Å². The van der Waals surface area contributed by atoms with E-state index < -0.39 is 21.0 Å². The number of para-hydroxylation sites is 1. The second-order valence-electron chi connectivity index (χ2n) is 8.78. The Hall–Kier alpha value is -4.78. The van der Waals surface area contributed by atoms with Crippen molar-refractivity contribution in [1.82, 2.24) is 10.0 Å². The molecular formula is C29H24N4O6S2. The van der Waals surface area contributed by atoms with Crippen LogP contribution in [0.1, 0.15) is 0 Å². The maximum Gasteiger partial charge on any atom is 0.319 e. The van der Waals surface area contributed by atoms with Crippen molar-refractivity contribution in [3.63, 3.8) is 0 Å². The largest absolute Gasteiger partial charge is 0.456 e. The molecule has 2 amide bonds. The first-order chi connectivity index (χ1) is 19.8. The Balaban J connectivity index is 1.25. The number of nitrogens with zero attached hydrogens (tertiary/aromatic N) is 1. The van der Waals surface area contributed by atoms with Gasteiger partial charge in [0.15, 0.2) is 0 Å². The van der Waals surface area contributed by atoms with E-state index in [1.54, 1.807) is 17.5 Å². The van der Waals surface area contributed by atoms with Gasteiger partial charge in [-0.05, 0) is 41.1 Å². The van der Waals surface area contributed by atoms with E-state index in [-0.39, 0.29) is 23.0 Å². The van der Waals surface area contributed by atoms with Crippen LogP contribution in [0, 0.1) is 10.1 Å². The SMILES string of the molecule is O=C(NCCNS(=O)(=O)c1sccc1-c1ccccc1Oc1cccc2ccccc12)Nc1ccc([N+](=O)[O-])cc1. The second-order valence-corrected chi connectivity index (χ2v) is 11.7. The van der Waals surface area contributed by atoms with Gasteiger partial charge in [-0.15, -0.1) is 11.3 Å². The highest BCUT2D eigenvalue weighted by Crippen LogP contribution is 2.40. The molecule has 0 bridgehead atoms. The number of ether oxygens (including phenoxy) is 1. The zero-order valence-electron chi connectivity index (χ0n) is 21.4. The van der Waals surface area contributed by atoms with Gasteiger partial charge in [0.2, 0.25) is 0 Å². The first kappa shape index (κ1) is 27.8. The molecule has 4 aromatic carbocycles. The molecule has 0 spiro atoms. The average molecular weight is 589 g/mol. The molecule has 0 radical (unpaired) electrons. The number of nitro groups is 1. The van der Waals surface area contributed by atoms with Gasteiger partial charge in [0.1, 0.15) is 15.7 Å². The zero-order valence-corrected chi connectivity index (χ0v) is 23.1. The number of anilines is 1. The number of fused-ring (bicyclic) bond motifs is 1. The molecule has 0 aliphatic carbocycles. The van der Waals surface area contributed by atoms with E-state index in [0.717, 1.165) is 22.1 Å². The number of rotatable bonds is 10. The number of urea groups is 1. The summed E-state index contributed by atoms with van der Waals surface area (Å²) in [5, 5.41) is 19.5. The number of hydrogen-bond donors (Lipinski definition) is 3. The molecular weight excluding hydrogens is 564 g/mol. The van der Waals surface area contributed by atoms with Gasteiger partial charge < -0.3 is 15.4 Å². The van der Waals surface area contributed by atoms with Crippen molar-refractivity contribution in [1.29, 1.82) is 0 Å². The van der Waals surface area contributed by atoms with Gasteiger partial charge in [0, 0.05) is 47.4 Å². The molecule has 0 aliphatic heterocycles. The molecule has 0 fully saturated rings. The average Bonchev–Trinajstić information content (AvgIpc) is 3.47. The highest BCUT2D eigenvalue weighted by Gasteiger charge is 2.23. The fraction of sp³-hybridized carbons (Fsp3) is 0.0690. The van der Waals surface area contributed by atoms with Gasteiger partial charge >= 0.3 is 6.03 Å². The molecule has 1 aromatic heterocycles. The summed E-state index contributed by atoms with van der Waals surface area (Å²) in [6, 6.07) is 27.4. The van der Waals surface area contributed by atoms with Crippen molar-refractivity contribution in [2.75, 3.05) is 18.4 Å². The third kappa shape index (κ3) is 6.52. The van der Waals surface area contributed by atoms with E-state index in [1.807, 2.05) is 60.7 Å². The Morgan fingerprint density at radius 1 is 0.829 bits per heavy atom. The molecule has 5 rings (SSSR count). The lowest BCUT2D eigenvalue weighted by Crippen LogP contribution is -2.36. The molecule has 5 aromatic rings. The van der Waals surface area contributed by atoms with Crippen LogP contribution in [0.15, 0.2) is 107 Å². The molecule has 0 saturated carbocycles. The van der Waals surface area contributed by atoms with Gasteiger partial charge in [0.05, 0.1) is 4.92 Å². The van der Waals surface area contributed by atoms with Gasteiger partial charge in [-0.25, -0.2) is 17.9 Å². The van der Waals surface area contributed by atoms with Crippen molar-refractivity contribution in [3.8, 4) is 22.6 Å². The molecule has 0 unspecified atom stereocenters. The zero-order chi connectivity index (χ0) is 28.8. The van der Waals surface area contributed by atoms with Crippen molar-refractivity contribution < 1.29 is 22.9 Å². The third-order valence-corrected chi connectivity index (χ3v) is 9.00. The van der Waals surface area contributed by atoms with Crippen LogP contribution in [-0.2, 0) is 10.0 Å². The lowest BCUT2D eigenvalue weighted by atomic mass is 10.1. The van der Waals surface area contributed by atoms with E-state index in [2.05, 4.69) is 15.4 Å². The molecule has 0 aliphatic rings. The molecule has 0 saturated heterocycles. The maximum atomic E-state index is 13.2. The lowest BCUT2D eigenvalue weighted by molar-refractivity contribution is -0.384. The summed E-state index contributed by atoms with van der Waals surface area (Å²) in [7, 11) is -3.91. The van der Waals surface area contributed by atoms with E-state index >= 15 is 0 Å². The molecule has 12 heteroatoms. The number of non-ortho nitro benzene ring substituents is 1. The minimum atomic E-state index is -3.91. The number of carbonyl (C=O) groups is 1. The minimum absolute atomic E-state index is 0.0134. The van der Waals surface area contributed by atoms with Gasteiger partial charge in [-0.3, -0.25) is 10.1 Å². The summed E-state index contributed by atoms with van der Waals surface area (Å²) < 4.78 is 35.4. The monoisotopic (exact) mass is 588 g/mol. The standard InChI is InChI=1S/C29H24N4O6S2/c34-29(32-21-12-14-22(15-13-21)33(35)36)30-17-18-31-41(37,38)28-25(16-19-40-28)24-9-3-4-10-27(24)39-26-11-5-7-20-6-1-2-8-23(20)26/h1-16,19,31H,17-18H2,(H2,30,32,34). The highest BCUT2D eigenvalue weighted by molar-refractivity contribution is 7.91. The predicted molar refractivity (Wildman–Crippen MR) is 159 cm³/mol. The maximum absolute atomic E-state index is 13.2. The number of nitro benzene ring substituents is 1. The smallest absolute Gasteiger partial charge is 0.319 e. The first-order valence-corrected chi connectivity index (χ1v) is 14.8. The molecule has 3 N–H and O–H groups in total. The molecule has 10 nitrogen and oxygen atoms in total. The number of carbonyl (C=O) groups excluding carboxylic acids is 1. The van der Waals surface area contributed by atoms with Gasteiger partial charge in [-0.1, -0.05) is 54.6 Å². The number of hydrogen-bond acceptors (Lipinski definition) is 7. The molecule has 0 atom stereocenters. The molecule has 1 heterocycles. The van der Waals surface area contributed by atoms with E-state index in [0.29, 0.717) is 28.3 Å². The van der Waals surface area contributed by atoms with Crippen molar-refractivity contribution >= 4 is 49.5 Å². The first-order valence-electron chi connectivity index (χ1n) is 12.4. The Morgan fingerprint density at radius 3 is 2.34 bits per heavy atom. The molecule has 41 heavy (non-hydrogen) atoms. The van der Waals surface area contributed by atoms with Crippen LogP contribution in [0.4, 0.5) is 16.2 Å². The van der Waals surface area contributed by atoms with Gasteiger partial charge in [-0.2, -0.15) is 0 Å². The highest BCUT2D eigenvalue weighted by atomic mass is 32.2. The van der Waals surface area contributed by atoms with Gasteiger partial charge in [0.25, 0.3) is 15.7 Å². The van der Waals surface area contributed by atoms with E-state index in [9.17, 15) is 23.3 Å². The number of thiophene rings is 1. The van der Waals surface area contributed by atoms with Crippen LogP contribution in [-0.4, -0.2) is 32.5 Å². The fourth-order valence-corrected chi connectivity index (χ4v) is 6.61. The number of amides is 2. The van der Waals surface area contributed by atoms with E-state index in [4.69, 9.17) is 4.74 Å². The normalized spacial score (nSPS) is 11.2. The summed E-state index contributed by atoms with van der Waals surface area (Å²) in [4.78, 5) is 22.4. The predicted octanol–water partition coefficient (Wildman–Crippen LogP) is 6.37. The van der Waals surface area contributed by atoms with Crippen molar-refractivity contribution in [2.24, 2.45) is 0 Å². The third-order valence-electron chi connectivity index (χ3n) is 6.06. The summed E-state index contributed by atoms with van der Waals surface area (Å²) in [6.45, 7) is -0.0406. The summed E-state index contributed by atoms with van der Waals surface area (Å²) in [5.74, 6) is 1.18. The lowest BCUT2D eigenvalue weighted by Gasteiger charge is -2.14. The number of benzene rings is 4. The Labute approximate surface area is 239 Å². The van der Waals surface area contributed by atoms with Crippen LogP contribution in [0.5, 0.6) is 11.5 Å². The van der Waals surface area contributed by atoms with Crippen LogP contribution in [0.3, 0.4) is 0 Å². The van der Waals surface area contributed by atoms with Crippen LogP contribution < -0.4 is 20.1 Å². The van der Waals surface area contributed by atoms with Crippen molar-refractivity contribution in [3.05, 3.63) is 113 Å². The van der Waals surface area contributed by atoms with Crippen LogP contribution in [0.25, 0.3) is 21.9 Å². The molecule has 208 valence electrons. The quantitative estimate of drug-likeness (QED) is 0.0984. The summed E-state index contributed by atoms with van der Waals surface area (Å²) >= 11 is 1.08.